The van der Waals surface area contributed by atoms with Gasteiger partial charge in [-0.3, -0.25) is 4.90 Å². The van der Waals surface area contributed by atoms with Crippen molar-refractivity contribution in [1.82, 2.24) is 10.2 Å². The number of nitrogens with zero attached hydrogens (tertiary/aromatic N) is 1. The van der Waals surface area contributed by atoms with Crippen molar-refractivity contribution in [3.63, 3.8) is 0 Å². The van der Waals surface area contributed by atoms with Crippen molar-refractivity contribution < 1.29 is 4.74 Å². The summed E-state index contributed by atoms with van der Waals surface area (Å²) >= 11 is 0. The fraction of sp³-hybridized carbons (Fsp3) is 1.00. The van der Waals surface area contributed by atoms with Crippen molar-refractivity contribution in [2.75, 3.05) is 39.9 Å². The molecule has 1 unspecified atom stereocenters. The van der Waals surface area contributed by atoms with E-state index >= 15 is 0 Å². The highest BCUT2D eigenvalue weighted by molar-refractivity contribution is 4.90. The Hall–Kier alpha value is -0.120. The van der Waals surface area contributed by atoms with Crippen LogP contribution in [0, 0.1) is 5.41 Å². The molecule has 0 aromatic rings. The van der Waals surface area contributed by atoms with Crippen LogP contribution in [0.5, 0.6) is 0 Å². The number of nitrogens with one attached hydrogen (secondary N) is 1. The van der Waals surface area contributed by atoms with Crippen molar-refractivity contribution in [2.45, 2.75) is 45.1 Å². The number of hydrogen-bond acceptors (Lipinski definition) is 3. The Kier molecular flexibility index (Phi) is 4.83. The van der Waals surface area contributed by atoms with Gasteiger partial charge in [-0.15, -0.1) is 0 Å². The van der Waals surface area contributed by atoms with Crippen molar-refractivity contribution >= 4 is 0 Å². The van der Waals surface area contributed by atoms with Gasteiger partial charge in [0.1, 0.15) is 0 Å². The standard InChI is InChI=1S/C14H28N2O/c1-3-13-5-4-10-16(13)11-14(12-17-2)6-8-15-9-7-14/h13,15H,3-12H2,1-2H3. The lowest BCUT2D eigenvalue weighted by atomic mass is 9.79. The summed E-state index contributed by atoms with van der Waals surface area (Å²) in [5, 5.41) is 3.47. The minimum atomic E-state index is 0.414. The van der Waals surface area contributed by atoms with Gasteiger partial charge in [0.25, 0.3) is 0 Å². The highest BCUT2D eigenvalue weighted by Gasteiger charge is 2.36. The van der Waals surface area contributed by atoms with Gasteiger partial charge in [-0.05, 0) is 51.7 Å². The number of ether oxygens (including phenoxy) is 1. The maximum atomic E-state index is 5.51. The molecule has 0 aromatic heterocycles. The average molecular weight is 240 g/mol. The second-order valence-electron chi connectivity index (χ2n) is 5.86. The maximum Gasteiger partial charge on any atom is 0.0531 e. The number of methoxy groups -OCH3 is 1. The first-order valence-corrected chi connectivity index (χ1v) is 7.23. The van der Waals surface area contributed by atoms with Gasteiger partial charge in [0.05, 0.1) is 6.61 Å². The van der Waals surface area contributed by atoms with Crippen LogP contribution in [0.1, 0.15) is 39.0 Å². The molecule has 100 valence electrons. The number of rotatable bonds is 5. The van der Waals surface area contributed by atoms with E-state index in [4.69, 9.17) is 4.74 Å². The third-order valence-corrected chi connectivity index (χ3v) is 4.62. The molecule has 2 heterocycles. The molecule has 0 spiro atoms. The molecule has 2 aliphatic rings. The molecule has 0 aromatic carbocycles. The van der Waals surface area contributed by atoms with E-state index in [0.29, 0.717) is 5.41 Å². The average Bonchev–Trinajstić information content (AvgIpc) is 2.77. The molecule has 17 heavy (non-hydrogen) atoms. The van der Waals surface area contributed by atoms with Gasteiger partial charge in [0.15, 0.2) is 0 Å². The molecular formula is C14H28N2O. The van der Waals surface area contributed by atoms with Gasteiger partial charge in [-0.2, -0.15) is 0 Å². The van der Waals surface area contributed by atoms with Gasteiger partial charge < -0.3 is 10.1 Å². The third kappa shape index (κ3) is 3.21. The Morgan fingerprint density at radius 2 is 2.12 bits per heavy atom. The summed E-state index contributed by atoms with van der Waals surface area (Å²) in [5.41, 5.74) is 0.414. The molecule has 2 aliphatic heterocycles. The van der Waals surface area contributed by atoms with Gasteiger partial charge >= 0.3 is 0 Å². The van der Waals surface area contributed by atoms with Crippen molar-refractivity contribution in [3.05, 3.63) is 0 Å². The molecule has 3 heteroatoms. The highest BCUT2D eigenvalue weighted by Crippen LogP contribution is 2.33. The van der Waals surface area contributed by atoms with E-state index in [-0.39, 0.29) is 0 Å². The zero-order chi connectivity index (χ0) is 12.1. The van der Waals surface area contributed by atoms with Crippen LogP contribution in [0.25, 0.3) is 0 Å². The lowest BCUT2D eigenvalue weighted by molar-refractivity contribution is 0.0187. The van der Waals surface area contributed by atoms with Crippen LogP contribution in [0.3, 0.4) is 0 Å². The monoisotopic (exact) mass is 240 g/mol. The molecule has 1 N–H and O–H groups in total. The molecule has 2 fully saturated rings. The van der Waals surface area contributed by atoms with Crippen LogP contribution >= 0.6 is 0 Å². The molecule has 0 saturated carbocycles. The fourth-order valence-corrected chi connectivity index (χ4v) is 3.61. The maximum absolute atomic E-state index is 5.51. The van der Waals surface area contributed by atoms with Crippen molar-refractivity contribution in [1.29, 1.82) is 0 Å². The lowest BCUT2D eigenvalue weighted by Crippen LogP contribution is -2.48. The largest absolute Gasteiger partial charge is 0.384 e. The number of piperidine rings is 1. The second-order valence-corrected chi connectivity index (χ2v) is 5.86. The molecule has 2 rings (SSSR count). The minimum absolute atomic E-state index is 0.414. The van der Waals surface area contributed by atoms with Crippen LogP contribution in [-0.4, -0.2) is 50.8 Å². The Bertz CT molecular complexity index is 221. The Morgan fingerprint density at radius 1 is 1.35 bits per heavy atom. The normalized spacial score (nSPS) is 29.6. The fourth-order valence-electron chi connectivity index (χ4n) is 3.61. The molecule has 0 amide bonds. The topological polar surface area (TPSA) is 24.5 Å². The summed E-state index contributed by atoms with van der Waals surface area (Å²) in [5.74, 6) is 0. The molecule has 1 atom stereocenters. The molecule has 0 radical (unpaired) electrons. The first-order chi connectivity index (χ1) is 8.29. The lowest BCUT2D eigenvalue weighted by Gasteiger charge is -2.41. The first kappa shape index (κ1) is 13.3. The van der Waals surface area contributed by atoms with Crippen molar-refractivity contribution in [3.8, 4) is 0 Å². The number of likely N-dealkylation sites (tertiary alicyclic amines) is 1. The number of hydrogen-bond donors (Lipinski definition) is 1. The zero-order valence-corrected chi connectivity index (χ0v) is 11.5. The van der Waals surface area contributed by atoms with Crippen LogP contribution < -0.4 is 5.32 Å². The Balaban J connectivity index is 1.96. The predicted octanol–water partition coefficient (Wildman–Crippen LogP) is 1.88. The van der Waals surface area contributed by atoms with E-state index in [0.717, 1.165) is 25.7 Å². The van der Waals surface area contributed by atoms with E-state index in [9.17, 15) is 0 Å². The van der Waals surface area contributed by atoms with E-state index in [1.54, 1.807) is 0 Å². The van der Waals surface area contributed by atoms with E-state index < -0.39 is 0 Å². The summed E-state index contributed by atoms with van der Waals surface area (Å²) in [6, 6.07) is 0.832. The summed E-state index contributed by atoms with van der Waals surface area (Å²) in [6.07, 6.45) is 6.64. The summed E-state index contributed by atoms with van der Waals surface area (Å²) in [6.45, 7) is 8.14. The molecular weight excluding hydrogens is 212 g/mol. The predicted molar refractivity (Wildman–Crippen MR) is 71.3 cm³/mol. The van der Waals surface area contributed by atoms with Crippen LogP contribution in [0.4, 0.5) is 0 Å². The summed E-state index contributed by atoms with van der Waals surface area (Å²) < 4.78 is 5.51. The smallest absolute Gasteiger partial charge is 0.0531 e. The van der Waals surface area contributed by atoms with E-state index in [1.807, 2.05) is 7.11 Å². The Labute approximate surface area is 106 Å². The van der Waals surface area contributed by atoms with Crippen LogP contribution in [0.2, 0.25) is 0 Å². The highest BCUT2D eigenvalue weighted by atomic mass is 16.5. The van der Waals surface area contributed by atoms with Gasteiger partial charge in [0, 0.05) is 25.1 Å². The van der Waals surface area contributed by atoms with Crippen LogP contribution in [0.15, 0.2) is 0 Å². The summed E-state index contributed by atoms with van der Waals surface area (Å²) in [7, 11) is 1.85. The van der Waals surface area contributed by atoms with Gasteiger partial charge in [0.2, 0.25) is 0 Å². The second kappa shape index (κ2) is 6.17. The van der Waals surface area contributed by atoms with Gasteiger partial charge in [-0.25, -0.2) is 0 Å². The minimum Gasteiger partial charge on any atom is -0.384 e. The molecule has 2 saturated heterocycles. The molecule has 0 bridgehead atoms. The molecule has 3 nitrogen and oxygen atoms in total. The Morgan fingerprint density at radius 3 is 2.76 bits per heavy atom. The zero-order valence-electron chi connectivity index (χ0n) is 11.5. The first-order valence-electron chi connectivity index (χ1n) is 7.23. The quantitative estimate of drug-likeness (QED) is 0.794. The van der Waals surface area contributed by atoms with Crippen LogP contribution in [-0.2, 0) is 4.74 Å². The SMILES string of the molecule is CCC1CCCN1CC1(COC)CCNCC1. The van der Waals surface area contributed by atoms with E-state index in [1.165, 1.54) is 45.2 Å². The third-order valence-electron chi connectivity index (χ3n) is 4.62. The summed E-state index contributed by atoms with van der Waals surface area (Å²) in [4.78, 5) is 2.73. The molecule has 0 aliphatic carbocycles. The van der Waals surface area contributed by atoms with Crippen molar-refractivity contribution in [2.24, 2.45) is 5.41 Å². The van der Waals surface area contributed by atoms with E-state index in [2.05, 4.69) is 17.1 Å². The van der Waals surface area contributed by atoms with Gasteiger partial charge in [-0.1, -0.05) is 6.92 Å².